The standard InChI is InChI=1S/C16H26N6O2S/c1-3-17-14(24)18-13(23)11(2)25-16-20-19-15(22(16)12-7-8-12)21-9-5-4-6-10-21/h11-12H,3-10H2,1-2H3,(H2,17,18,23,24)/t11-/m1/s1. The zero-order valence-corrected chi connectivity index (χ0v) is 15.6. The van der Waals surface area contributed by atoms with Crippen molar-refractivity contribution < 1.29 is 9.59 Å². The lowest BCUT2D eigenvalue weighted by atomic mass is 10.1. The van der Waals surface area contributed by atoms with Crippen LogP contribution in [-0.2, 0) is 4.79 Å². The van der Waals surface area contributed by atoms with Crippen LogP contribution in [0.15, 0.2) is 5.16 Å². The summed E-state index contributed by atoms with van der Waals surface area (Å²) in [7, 11) is 0. The molecule has 1 atom stereocenters. The minimum Gasteiger partial charge on any atom is -0.341 e. The van der Waals surface area contributed by atoms with Gasteiger partial charge in [0.05, 0.1) is 5.25 Å². The van der Waals surface area contributed by atoms with Crippen LogP contribution in [0.5, 0.6) is 0 Å². The Hall–Kier alpha value is -1.77. The van der Waals surface area contributed by atoms with Crippen LogP contribution in [0.1, 0.15) is 52.0 Å². The van der Waals surface area contributed by atoms with Gasteiger partial charge in [-0.1, -0.05) is 11.8 Å². The molecule has 2 fully saturated rings. The first-order chi connectivity index (χ1) is 12.1. The van der Waals surface area contributed by atoms with Crippen molar-refractivity contribution in [3.8, 4) is 0 Å². The lowest BCUT2D eigenvalue weighted by Crippen LogP contribution is -2.42. The lowest BCUT2D eigenvalue weighted by Gasteiger charge is -2.28. The molecule has 0 unspecified atom stereocenters. The molecule has 1 aliphatic carbocycles. The minimum atomic E-state index is -0.461. The van der Waals surface area contributed by atoms with E-state index in [1.54, 1.807) is 6.92 Å². The SMILES string of the molecule is CCNC(=O)NC(=O)[C@@H](C)Sc1nnc(N2CCCCC2)n1C1CC1. The zero-order chi connectivity index (χ0) is 17.8. The van der Waals surface area contributed by atoms with E-state index in [2.05, 4.69) is 30.3 Å². The number of carbonyl (C=O) groups is 2. The second kappa shape index (κ2) is 8.07. The van der Waals surface area contributed by atoms with Gasteiger partial charge in [-0.3, -0.25) is 14.7 Å². The van der Waals surface area contributed by atoms with Gasteiger partial charge in [-0.25, -0.2) is 4.79 Å². The van der Waals surface area contributed by atoms with Crippen LogP contribution in [0, 0.1) is 0 Å². The number of hydrogen-bond acceptors (Lipinski definition) is 6. The van der Waals surface area contributed by atoms with E-state index in [0.29, 0.717) is 12.6 Å². The number of amides is 3. The molecule has 25 heavy (non-hydrogen) atoms. The highest BCUT2D eigenvalue weighted by Gasteiger charge is 2.33. The number of piperidine rings is 1. The summed E-state index contributed by atoms with van der Waals surface area (Å²) in [5, 5.41) is 14.0. The number of thioether (sulfide) groups is 1. The third-order valence-electron chi connectivity index (χ3n) is 4.42. The summed E-state index contributed by atoms with van der Waals surface area (Å²) < 4.78 is 2.19. The number of anilines is 1. The van der Waals surface area contributed by atoms with Gasteiger partial charge in [0.2, 0.25) is 11.9 Å². The summed E-state index contributed by atoms with van der Waals surface area (Å²) in [5.74, 6) is 0.613. The fraction of sp³-hybridized carbons (Fsp3) is 0.750. The monoisotopic (exact) mass is 366 g/mol. The number of nitrogens with zero attached hydrogens (tertiary/aromatic N) is 4. The van der Waals surface area contributed by atoms with E-state index < -0.39 is 11.3 Å². The first kappa shape index (κ1) is 18.0. The van der Waals surface area contributed by atoms with Crippen LogP contribution in [0.3, 0.4) is 0 Å². The third kappa shape index (κ3) is 4.45. The molecule has 1 aromatic rings. The zero-order valence-electron chi connectivity index (χ0n) is 14.8. The third-order valence-corrected chi connectivity index (χ3v) is 5.48. The molecule has 0 spiro atoms. The van der Waals surface area contributed by atoms with Crippen LogP contribution in [0.25, 0.3) is 0 Å². The Balaban J connectivity index is 1.68. The molecule has 1 saturated heterocycles. The smallest absolute Gasteiger partial charge is 0.321 e. The molecule has 3 amide bonds. The average molecular weight is 366 g/mol. The summed E-state index contributed by atoms with van der Waals surface area (Å²) >= 11 is 1.36. The predicted octanol–water partition coefficient (Wildman–Crippen LogP) is 1.93. The Morgan fingerprint density at radius 3 is 2.60 bits per heavy atom. The van der Waals surface area contributed by atoms with Crippen LogP contribution < -0.4 is 15.5 Å². The maximum absolute atomic E-state index is 12.2. The molecule has 2 N–H and O–H groups in total. The number of aromatic nitrogens is 3. The number of urea groups is 1. The van der Waals surface area contributed by atoms with Crippen molar-refractivity contribution >= 4 is 29.6 Å². The maximum atomic E-state index is 12.2. The van der Waals surface area contributed by atoms with E-state index in [9.17, 15) is 9.59 Å². The maximum Gasteiger partial charge on any atom is 0.321 e. The largest absolute Gasteiger partial charge is 0.341 e. The molecule has 9 heteroatoms. The Morgan fingerprint density at radius 1 is 1.24 bits per heavy atom. The van der Waals surface area contributed by atoms with E-state index in [-0.39, 0.29) is 5.91 Å². The van der Waals surface area contributed by atoms with Crippen molar-refractivity contribution in [2.45, 2.75) is 62.4 Å². The normalized spacial score (nSPS) is 18.7. The van der Waals surface area contributed by atoms with E-state index in [4.69, 9.17) is 0 Å². The van der Waals surface area contributed by atoms with Gasteiger partial charge in [0.25, 0.3) is 0 Å². The van der Waals surface area contributed by atoms with E-state index in [0.717, 1.165) is 37.0 Å². The second-order valence-corrected chi connectivity index (χ2v) is 7.85. The molecule has 0 bridgehead atoms. The number of rotatable bonds is 6. The summed E-state index contributed by atoms with van der Waals surface area (Å²) in [5.41, 5.74) is 0. The van der Waals surface area contributed by atoms with Gasteiger partial charge < -0.3 is 10.2 Å². The first-order valence-electron chi connectivity index (χ1n) is 9.05. The summed E-state index contributed by atoms with van der Waals surface area (Å²) in [6, 6.07) is -0.0225. The molecule has 1 aliphatic heterocycles. The van der Waals surface area contributed by atoms with Gasteiger partial charge in [-0.05, 0) is 46.0 Å². The number of imide groups is 1. The summed E-state index contributed by atoms with van der Waals surface area (Å²) in [4.78, 5) is 26.0. The Morgan fingerprint density at radius 2 is 1.96 bits per heavy atom. The molecule has 1 saturated carbocycles. The molecular weight excluding hydrogens is 340 g/mol. The summed E-state index contributed by atoms with van der Waals surface area (Å²) in [6.45, 7) is 6.11. The number of hydrogen-bond donors (Lipinski definition) is 2. The van der Waals surface area contributed by atoms with Crippen LogP contribution in [0.4, 0.5) is 10.7 Å². The van der Waals surface area contributed by atoms with Gasteiger partial charge in [-0.2, -0.15) is 0 Å². The van der Waals surface area contributed by atoms with Gasteiger partial charge in [-0.15, -0.1) is 10.2 Å². The first-order valence-corrected chi connectivity index (χ1v) is 9.93. The summed E-state index contributed by atoms with van der Waals surface area (Å²) in [6.07, 6.45) is 5.90. The molecule has 1 aromatic heterocycles. The Bertz CT molecular complexity index is 624. The van der Waals surface area contributed by atoms with Crippen molar-refractivity contribution in [1.82, 2.24) is 25.4 Å². The van der Waals surface area contributed by atoms with Crippen LogP contribution >= 0.6 is 11.8 Å². The quantitative estimate of drug-likeness (QED) is 0.748. The van der Waals surface area contributed by atoms with Crippen molar-refractivity contribution in [3.63, 3.8) is 0 Å². The van der Waals surface area contributed by atoms with Crippen molar-refractivity contribution in [2.24, 2.45) is 0 Å². The number of carbonyl (C=O) groups excluding carboxylic acids is 2. The highest BCUT2D eigenvalue weighted by Crippen LogP contribution is 2.41. The van der Waals surface area contributed by atoms with Crippen molar-refractivity contribution in [1.29, 1.82) is 0 Å². The molecule has 8 nitrogen and oxygen atoms in total. The van der Waals surface area contributed by atoms with E-state index in [1.165, 1.54) is 31.0 Å². The van der Waals surface area contributed by atoms with E-state index in [1.807, 2.05) is 6.92 Å². The Labute approximate surface area is 152 Å². The second-order valence-electron chi connectivity index (χ2n) is 6.54. The van der Waals surface area contributed by atoms with Crippen molar-refractivity contribution in [3.05, 3.63) is 0 Å². The molecule has 2 heterocycles. The van der Waals surface area contributed by atoms with Gasteiger partial charge in [0.1, 0.15) is 0 Å². The molecule has 2 aliphatic rings. The highest BCUT2D eigenvalue weighted by molar-refractivity contribution is 8.00. The highest BCUT2D eigenvalue weighted by atomic mass is 32.2. The minimum absolute atomic E-state index is 0.319. The Kier molecular flexibility index (Phi) is 5.82. The fourth-order valence-corrected chi connectivity index (χ4v) is 3.86. The van der Waals surface area contributed by atoms with Crippen molar-refractivity contribution in [2.75, 3.05) is 24.5 Å². The molecule has 0 aromatic carbocycles. The van der Waals surface area contributed by atoms with Gasteiger partial charge in [0.15, 0.2) is 5.16 Å². The van der Waals surface area contributed by atoms with E-state index >= 15 is 0 Å². The molecule has 138 valence electrons. The van der Waals surface area contributed by atoms with Gasteiger partial charge >= 0.3 is 6.03 Å². The molecular formula is C16H26N6O2S. The topological polar surface area (TPSA) is 92.2 Å². The average Bonchev–Trinajstić information content (AvgIpc) is 3.36. The molecule has 3 rings (SSSR count). The fourth-order valence-electron chi connectivity index (χ4n) is 2.94. The molecule has 0 radical (unpaired) electrons. The van der Waals surface area contributed by atoms with Gasteiger partial charge in [0, 0.05) is 25.7 Å². The predicted molar refractivity (Wildman–Crippen MR) is 96.9 cm³/mol. The lowest BCUT2D eigenvalue weighted by molar-refractivity contribution is -0.119. The number of nitrogens with one attached hydrogen (secondary N) is 2. The van der Waals surface area contributed by atoms with Crippen LogP contribution in [-0.4, -0.2) is 51.6 Å². The van der Waals surface area contributed by atoms with Crippen LogP contribution in [0.2, 0.25) is 0 Å².